The van der Waals surface area contributed by atoms with Crippen LogP contribution in [-0.4, -0.2) is 44.2 Å². The summed E-state index contributed by atoms with van der Waals surface area (Å²) in [6.45, 7) is 0.283. The highest BCUT2D eigenvalue weighted by Gasteiger charge is 2.55. The Hall–Kier alpha value is -1.58. The Morgan fingerprint density at radius 1 is 1.58 bits per heavy atom. The van der Waals surface area contributed by atoms with Crippen molar-refractivity contribution in [2.24, 2.45) is 0 Å². The van der Waals surface area contributed by atoms with Crippen molar-refractivity contribution in [1.82, 2.24) is 9.55 Å². The summed E-state index contributed by atoms with van der Waals surface area (Å²) in [5.74, 6) is -1.29. The second-order valence-electron chi connectivity index (χ2n) is 4.45. The van der Waals surface area contributed by atoms with Gasteiger partial charge in [0.05, 0.1) is 12.8 Å². The van der Waals surface area contributed by atoms with Gasteiger partial charge in [-0.15, -0.1) is 0 Å². The number of aromatic amines is 1. The molecule has 0 aromatic carbocycles. The average Bonchev–Trinajstić information content (AvgIpc) is 2.56. The fourth-order valence-electron chi connectivity index (χ4n) is 2.00. The Morgan fingerprint density at radius 3 is 2.74 bits per heavy atom. The second kappa shape index (κ2) is 4.51. The summed E-state index contributed by atoms with van der Waals surface area (Å²) in [4.78, 5) is 24.1. The molecule has 0 aliphatic carbocycles. The zero-order valence-corrected chi connectivity index (χ0v) is 9.84. The van der Waals surface area contributed by atoms with Crippen LogP contribution in [0.15, 0.2) is 15.8 Å². The van der Waals surface area contributed by atoms with E-state index in [-0.39, 0.29) is 0 Å². The van der Waals surface area contributed by atoms with Gasteiger partial charge in [-0.3, -0.25) is 14.3 Å². The monoisotopic (exact) mass is 278 g/mol. The topological polar surface area (TPSA) is 105 Å². The predicted molar refractivity (Wildman–Crippen MR) is 57.8 cm³/mol. The molecule has 3 N–H and O–H groups in total. The molecule has 1 saturated heterocycles. The van der Waals surface area contributed by atoms with Gasteiger partial charge in [0.15, 0.2) is 11.9 Å². The zero-order chi connectivity index (χ0) is 14.4. The molecular weight excluding hydrogens is 266 g/mol. The van der Waals surface area contributed by atoms with Crippen LogP contribution in [0.25, 0.3) is 0 Å². The third-order valence-electron chi connectivity index (χ3n) is 3.07. The number of hydrogen-bond donors (Lipinski definition) is 3. The Labute approximate surface area is 105 Å². The molecule has 1 fully saturated rings. The van der Waals surface area contributed by atoms with E-state index in [2.05, 4.69) is 0 Å². The summed E-state index contributed by atoms with van der Waals surface area (Å²) in [6, 6.07) is 0. The van der Waals surface area contributed by atoms with Crippen molar-refractivity contribution in [3.05, 3.63) is 32.9 Å². The first-order chi connectivity index (χ1) is 8.78. The van der Waals surface area contributed by atoms with Crippen LogP contribution < -0.4 is 11.2 Å². The van der Waals surface area contributed by atoms with Crippen molar-refractivity contribution < 1.29 is 23.7 Å². The van der Waals surface area contributed by atoms with Crippen LogP contribution in [0, 0.1) is 5.82 Å². The summed E-state index contributed by atoms with van der Waals surface area (Å²) in [5.41, 5.74) is -4.74. The summed E-state index contributed by atoms with van der Waals surface area (Å²) < 4.78 is 33.0. The molecule has 1 aromatic rings. The van der Waals surface area contributed by atoms with E-state index in [4.69, 9.17) is 9.84 Å². The van der Waals surface area contributed by atoms with Crippen LogP contribution in [-0.2, 0) is 4.74 Å². The molecule has 0 radical (unpaired) electrons. The normalized spacial score (nSPS) is 34.7. The SMILES string of the molecule is CC1(F)C(O)C(CO)O[C@H]1n1cc(F)c(=O)[nH]c1=O. The summed E-state index contributed by atoms with van der Waals surface area (Å²) in [5, 5.41) is 18.6. The van der Waals surface area contributed by atoms with Crippen LogP contribution in [0.5, 0.6) is 0 Å². The predicted octanol–water partition coefficient (Wildman–Crippen LogP) is -1.35. The molecule has 1 aliphatic rings. The van der Waals surface area contributed by atoms with Gasteiger partial charge in [-0.25, -0.2) is 9.18 Å². The number of alkyl halides is 1. The molecule has 0 amide bonds. The van der Waals surface area contributed by atoms with E-state index in [1.165, 1.54) is 0 Å². The van der Waals surface area contributed by atoms with Gasteiger partial charge in [-0.05, 0) is 6.92 Å². The Balaban J connectivity index is 2.51. The number of aliphatic hydroxyl groups is 2. The number of ether oxygens (including phenoxy) is 1. The van der Waals surface area contributed by atoms with E-state index in [0.717, 1.165) is 6.92 Å². The lowest BCUT2D eigenvalue weighted by Crippen LogP contribution is -2.44. The lowest BCUT2D eigenvalue weighted by molar-refractivity contribution is -0.0616. The van der Waals surface area contributed by atoms with Gasteiger partial charge in [0.2, 0.25) is 5.82 Å². The number of aliphatic hydroxyl groups excluding tert-OH is 2. The minimum Gasteiger partial charge on any atom is -0.394 e. The minimum absolute atomic E-state index is 0.496. The Kier molecular flexibility index (Phi) is 3.29. The van der Waals surface area contributed by atoms with Gasteiger partial charge in [0.25, 0.3) is 5.56 Å². The highest BCUT2D eigenvalue weighted by Crippen LogP contribution is 2.40. The van der Waals surface area contributed by atoms with Crippen molar-refractivity contribution in [1.29, 1.82) is 0 Å². The van der Waals surface area contributed by atoms with E-state index in [1.54, 1.807) is 4.98 Å². The van der Waals surface area contributed by atoms with Gasteiger partial charge in [-0.2, -0.15) is 4.39 Å². The summed E-state index contributed by atoms with van der Waals surface area (Å²) in [7, 11) is 0. The Morgan fingerprint density at radius 2 is 2.21 bits per heavy atom. The second-order valence-corrected chi connectivity index (χ2v) is 4.45. The first kappa shape index (κ1) is 13.8. The van der Waals surface area contributed by atoms with Gasteiger partial charge >= 0.3 is 5.69 Å². The van der Waals surface area contributed by atoms with E-state index in [0.29, 0.717) is 10.8 Å². The highest BCUT2D eigenvalue weighted by atomic mass is 19.1. The molecular formula is C10H12F2N2O5. The highest BCUT2D eigenvalue weighted by molar-refractivity contribution is 5.01. The lowest BCUT2D eigenvalue weighted by atomic mass is 9.98. The maximum atomic E-state index is 14.3. The van der Waals surface area contributed by atoms with Crippen LogP contribution >= 0.6 is 0 Å². The number of rotatable bonds is 2. The van der Waals surface area contributed by atoms with Gasteiger partial charge < -0.3 is 14.9 Å². The molecule has 19 heavy (non-hydrogen) atoms. The van der Waals surface area contributed by atoms with E-state index >= 15 is 0 Å². The van der Waals surface area contributed by atoms with Crippen molar-refractivity contribution >= 4 is 0 Å². The van der Waals surface area contributed by atoms with Crippen molar-refractivity contribution in [3.63, 3.8) is 0 Å². The van der Waals surface area contributed by atoms with Gasteiger partial charge in [0.1, 0.15) is 12.2 Å². The van der Waals surface area contributed by atoms with Crippen LogP contribution in [0.4, 0.5) is 8.78 Å². The maximum absolute atomic E-state index is 14.3. The molecule has 106 valence electrons. The Bertz CT molecular complexity index is 596. The fourth-order valence-corrected chi connectivity index (χ4v) is 2.00. The smallest absolute Gasteiger partial charge is 0.330 e. The summed E-state index contributed by atoms with van der Waals surface area (Å²) >= 11 is 0. The van der Waals surface area contributed by atoms with Gasteiger partial charge in [-0.1, -0.05) is 0 Å². The first-order valence-electron chi connectivity index (χ1n) is 5.43. The fraction of sp³-hybridized carbons (Fsp3) is 0.600. The molecule has 1 aliphatic heterocycles. The van der Waals surface area contributed by atoms with Gasteiger partial charge in [0, 0.05) is 0 Å². The van der Waals surface area contributed by atoms with Crippen molar-refractivity contribution in [3.8, 4) is 0 Å². The molecule has 0 bridgehead atoms. The quantitative estimate of drug-likeness (QED) is 0.620. The zero-order valence-electron chi connectivity index (χ0n) is 9.84. The molecule has 0 spiro atoms. The van der Waals surface area contributed by atoms with Crippen LogP contribution in [0.2, 0.25) is 0 Å². The standard InChI is InChI=1S/C10H12F2N2O5/c1-10(12)6(16)5(3-15)19-8(10)14-2-4(11)7(17)13-9(14)18/h2,5-6,8,15-16H,3H2,1H3,(H,13,17,18)/t5?,6?,8-,10?/m1/s1. The third-order valence-corrected chi connectivity index (χ3v) is 3.07. The number of H-pyrrole nitrogens is 1. The van der Waals surface area contributed by atoms with E-state index in [9.17, 15) is 23.5 Å². The maximum Gasteiger partial charge on any atom is 0.330 e. The molecule has 2 rings (SSSR count). The summed E-state index contributed by atoms with van der Waals surface area (Å²) in [6.07, 6.45) is -4.10. The molecule has 2 heterocycles. The van der Waals surface area contributed by atoms with Crippen LogP contribution in [0.1, 0.15) is 13.2 Å². The third kappa shape index (κ3) is 2.09. The number of hydrogen-bond acceptors (Lipinski definition) is 5. The lowest BCUT2D eigenvalue weighted by Gasteiger charge is -2.24. The average molecular weight is 278 g/mol. The molecule has 3 unspecified atom stereocenters. The molecule has 1 aromatic heterocycles. The molecule has 0 saturated carbocycles. The number of halogens is 2. The first-order valence-corrected chi connectivity index (χ1v) is 5.43. The molecule has 7 nitrogen and oxygen atoms in total. The van der Waals surface area contributed by atoms with E-state index in [1.807, 2.05) is 0 Å². The van der Waals surface area contributed by atoms with Crippen molar-refractivity contribution in [2.75, 3.05) is 6.61 Å². The van der Waals surface area contributed by atoms with E-state index < -0.39 is 47.8 Å². The van der Waals surface area contributed by atoms with Crippen LogP contribution in [0.3, 0.4) is 0 Å². The number of aromatic nitrogens is 2. The minimum atomic E-state index is -2.43. The number of nitrogens with one attached hydrogen (secondary N) is 1. The largest absolute Gasteiger partial charge is 0.394 e. The van der Waals surface area contributed by atoms with Crippen molar-refractivity contribution in [2.45, 2.75) is 31.0 Å². The molecule has 9 heteroatoms. The molecule has 4 atom stereocenters. The number of nitrogens with zero attached hydrogens (tertiary/aromatic N) is 1.